The highest BCUT2D eigenvalue weighted by atomic mass is 16.1. The van der Waals surface area contributed by atoms with Gasteiger partial charge in [0, 0.05) is 6.04 Å². The summed E-state index contributed by atoms with van der Waals surface area (Å²) in [7, 11) is 0. The molecule has 1 aliphatic carbocycles. The van der Waals surface area contributed by atoms with Gasteiger partial charge in [0.15, 0.2) is 5.69 Å². The topological polar surface area (TPSA) is 86.9 Å². The predicted octanol–water partition coefficient (Wildman–Crippen LogP) is 0.988. The molecule has 4 N–H and O–H groups in total. The van der Waals surface area contributed by atoms with Crippen LogP contribution in [0.5, 0.6) is 0 Å². The first-order valence-electron chi connectivity index (χ1n) is 5.25. The first kappa shape index (κ1) is 10.0. The van der Waals surface area contributed by atoms with E-state index in [-0.39, 0.29) is 5.69 Å². The molecule has 1 fully saturated rings. The van der Waals surface area contributed by atoms with Crippen LogP contribution in [0.15, 0.2) is 0 Å². The predicted molar refractivity (Wildman–Crippen MR) is 57.4 cm³/mol. The summed E-state index contributed by atoms with van der Waals surface area (Å²) < 4.78 is 1.95. The van der Waals surface area contributed by atoms with Crippen molar-refractivity contribution in [3.8, 4) is 0 Å². The number of nitrogens with zero attached hydrogens (tertiary/aromatic N) is 2. The zero-order valence-electron chi connectivity index (χ0n) is 8.86. The Morgan fingerprint density at radius 1 is 1.47 bits per heavy atom. The summed E-state index contributed by atoms with van der Waals surface area (Å²) >= 11 is 0. The Kier molecular flexibility index (Phi) is 2.38. The number of anilines is 1. The number of imidazole rings is 1. The molecule has 1 aromatic heterocycles. The molecule has 1 heterocycles. The Balaban J connectivity index is 2.42. The van der Waals surface area contributed by atoms with Crippen LogP contribution in [0.25, 0.3) is 0 Å². The molecule has 1 saturated carbocycles. The van der Waals surface area contributed by atoms with E-state index in [0.717, 1.165) is 18.7 Å². The average Bonchev–Trinajstić information content (AvgIpc) is 2.73. The fraction of sp³-hybridized carbons (Fsp3) is 0.600. The number of nitrogens with two attached hydrogens (primary N) is 2. The molecule has 1 aromatic rings. The van der Waals surface area contributed by atoms with Crippen LogP contribution in [0.4, 0.5) is 5.82 Å². The lowest BCUT2D eigenvalue weighted by Crippen LogP contribution is -2.15. The molecule has 0 atom stereocenters. The van der Waals surface area contributed by atoms with E-state index < -0.39 is 5.91 Å². The monoisotopic (exact) mass is 208 g/mol. The number of aryl methyl sites for hydroxylation is 1. The fourth-order valence-electron chi connectivity index (χ4n) is 2.37. The number of aromatic nitrogens is 2. The molecule has 1 aliphatic rings. The Labute approximate surface area is 88.5 Å². The number of carbonyl (C=O) groups is 1. The van der Waals surface area contributed by atoms with Gasteiger partial charge in [-0.1, -0.05) is 12.8 Å². The summed E-state index contributed by atoms with van der Waals surface area (Å²) in [5.74, 6) is 0.660. The van der Waals surface area contributed by atoms with Crippen LogP contribution in [0, 0.1) is 6.92 Å². The van der Waals surface area contributed by atoms with Crippen LogP contribution < -0.4 is 11.5 Å². The van der Waals surface area contributed by atoms with E-state index in [2.05, 4.69) is 4.98 Å². The van der Waals surface area contributed by atoms with Crippen LogP contribution in [-0.2, 0) is 0 Å². The SMILES string of the molecule is Cc1nc(C(N)=O)c(N)n1C1CCCC1. The third-order valence-electron chi connectivity index (χ3n) is 3.05. The second-order valence-corrected chi connectivity index (χ2v) is 4.07. The second kappa shape index (κ2) is 3.56. The van der Waals surface area contributed by atoms with Gasteiger partial charge < -0.3 is 16.0 Å². The molecule has 0 radical (unpaired) electrons. The Morgan fingerprint density at radius 2 is 2.07 bits per heavy atom. The molecule has 1 amide bonds. The zero-order valence-corrected chi connectivity index (χ0v) is 8.86. The highest BCUT2D eigenvalue weighted by Gasteiger charge is 2.24. The number of carbonyl (C=O) groups excluding carboxylic acids is 1. The number of nitrogen functional groups attached to an aromatic ring is 1. The molecular formula is C10H16N4O. The van der Waals surface area contributed by atoms with Crippen molar-refractivity contribution >= 4 is 11.7 Å². The van der Waals surface area contributed by atoms with Gasteiger partial charge in [-0.15, -0.1) is 0 Å². The van der Waals surface area contributed by atoms with E-state index in [1.165, 1.54) is 12.8 Å². The maximum atomic E-state index is 11.1. The van der Waals surface area contributed by atoms with Crippen molar-refractivity contribution in [3.05, 3.63) is 11.5 Å². The lowest BCUT2D eigenvalue weighted by atomic mass is 10.2. The Morgan fingerprint density at radius 3 is 2.53 bits per heavy atom. The van der Waals surface area contributed by atoms with Gasteiger partial charge in [-0.3, -0.25) is 4.79 Å². The van der Waals surface area contributed by atoms with E-state index in [0.29, 0.717) is 11.9 Å². The molecule has 0 saturated heterocycles. The van der Waals surface area contributed by atoms with Gasteiger partial charge in [-0.25, -0.2) is 4.98 Å². The van der Waals surface area contributed by atoms with Crippen LogP contribution in [0.2, 0.25) is 0 Å². The lowest BCUT2D eigenvalue weighted by Gasteiger charge is -2.14. The van der Waals surface area contributed by atoms with Crippen molar-refractivity contribution in [2.45, 2.75) is 38.6 Å². The van der Waals surface area contributed by atoms with Crippen molar-refractivity contribution in [1.29, 1.82) is 0 Å². The molecule has 2 rings (SSSR count). The van der Waals surface area contributed by atoms with E-state index in [1.807, 2.05) is 11.5 Å². The molecule has 5 heteroatoms. The van der Waals surface area contributed by atoms with Crippen LogP contribution in [-0.4, -0.2) is 15.5 Å². The molecule has 0 spiro atoms. The quantitative estimate of drug-likeness (QED) is 0.759. The minimum atomic E-state index is -0.549. The first-order chi connectivity index (χ1) is 7.11. The highest BCUT2D eigenvalue weighted by molar-refractivity contribution is 5.95. The van der Waals surface area contributed by atoms with Gasteiger partial charge in [-0.2, -0.15) is 0 Å². The smallest absolute Gasteiger partial charge is 0.271 e. The molecule has 0 aliphatic heterocycles. The molecule has 15 heavy (non-hydrogen) atoms. The van der Waals surface area contributed by atoms with E-state index in [9.17, 15) is 4.79 Å². The average molecular weight is 208 g/mol. The molecule has 5 nitrogen and oxygen atoms in total. The Hall–Kier alpha value is -1.52. The minimum absolute atomic E-state index is 0.208. The van der Waals surface area contributed by atoms with Gasteiger partial charge in [0.1, 0.15) is 11.6 Å². The van der Waals surface area contributed by atoms with Crippen molar-refractivity contribution in [1.82, 2.24) is 9.55 Å². The van der Waals surface area contributed by atoms with E-state index in [4.69, 9.17) is 11.5 Å². The number of primary amides is 1. The minimum Gasteiger partial charge on any atom is -0.383 e. The largest absolute Gasteiger partial charge is 0.383 e. The molecule has 0 bridgehead atoms. The van der Waals surface area contributed by atoms with Crippen molar-refractivity contribution in [2.24, 2.45) is 5.73 Å². The van der Waals surface area contributed by atoms with Gasteiger partial charge >= 0.3 is 0 Å². The number of amides is 1. The number of rotatable bonds is 2. The number of hydrogen-bond acceptors (Lipinski definition) is 3. The van der Waals surface area contributed by atoms with Gasteiger partial charge in [0.25, 0.3) is 5.91 Å². The number of hydrogen-bond donors (Lipinski definition) is 2. The summed E-state index contributed by atoms with van der Waals surface area (Å²) in [6.07, 6.45) is 4.65. The van der Waals surface area contributed by atoms with E-state index in [1.54, 1.807) is 0 Å². The van der Waals surface area contributed by atoms with Crippen LogP contribution in [0.1, 0.15) is 48.0 Å². The standard InChI is InChI=1S/C10H16N4O/c1-6-13-8(10(12)15)9(11)14(6)7-4-2-3-5-7/h7H,2-5,11H2,1H3,(H2,12,15). The second-order valence-electron chi connectivity index (χ2n) is 4.07. The third kappa shape index (κ3) is 1.58. The van der Waals surface area contributed by atoms with Crippen molar-refractivity contribution < 1.29 is 4.79 Å². The summed E-state index contributed by atoms with van der Waals surface area (Å²) in [4.78, 5) is 15.2. The summed E-state index contributed by atoms with van der Waals surface area (Å²) in [5, 5.41) is 0. The van der Waals surface area contributed by atoms with Gasteiger partial charge in [-0.05, 0) is 19.8 Å². The normalized spacial score (nSPS) is 17.1. The fourth-order valence-corrected chi connectivity index (χ4v) is 2.37. The van der Waals surface area contributed by atoms with Crippen LogP contribution >= 0.6 is 0 Å². The van der Waals surface area contributed by atoms with Crippen LogP contribution in [0.3, 0.4) is 0 Å². The summed E-state index contributed by atoms with van der Waals surface area (Å²) in [6, 6.07) is 0.394. The molecular weight excluding hydrogens is 192 g/mol. The first-order valence-corrected chi connectivity index (χ1v) is 5.25. The molecule has 82 valence electrons. The van der Waals surface area contributed by atoms with Crippen molar-refractivity contribution in [2.75, 3.05) is 5.73 Å². The highest BCUT2D eigenvalue weighted by Crippen LogP contribution is 2.33. The van der Waals surface area contributed by atoms with Gasteiger partial charge in [0.2, 0.25) is 0 Å². The van der Waals surface area contributed by atoms with Crippen molar-refractivity contribution in [3.63, 3.8) is 0 Å². The van der Waals surface area contributed by atoms with Gasteiger partial charge in [0.05, 0.1) is 0 Å². The summed E-state index contributed by atoms with van der Waals surface area (Å²) in [6.45, 7) is 1.86. The third-order valence-corrected chi connectivity index (χ3v) is 3.05. The molecule has 0 unspecified atom stereocenters. The summed E-state index contributed by atoms with van der Waals surface area (Å²) in [5.41, 5.74) is 11.3. The maximum absolute atomic E-state index is 11.1. The lowest BCUT2D eigenvalue weighted by molar-refractivity contribution is 0.0997. The Bertz CT molecular complexity index is 390. The maximum Gasteiger partial charge on any atom is 0.271 e. The molecule has 0 aromatic carbocycles. The zero-order chi connectivity index (χ0) is 11.0. The van der Waals surface area contributed by atoms with E-state index >= 15 is 0 Å².